The number of carbonyl (C=O) groups is 1. The van der Waals surface area contributed by atoms with Gasteiger partial charge in [0.25, 0.3) is 0 Å². The molecule has 0 aromatic rings. The Kier molecular flexibility index (Phi) is 3.03. The zero-order valence-corrected chi connectivity index (χ0v) is 11.4. The number of hydrogen-bond acceptors (Lipinski definition) is 3. The van der Waals surface area contributed by atoms with Gasteiger partial charge in [-0.05, 0) is 44.9 Å². The molecule has 1 saturated carbocycles. The Bertz CT molecular complexity index is 372. The molecule has 5 atom stereocenters. The van der Waals surface area contributed by atoms with Crippen molar-refractivity contribution in [1.29, 1.82) is 0 Å². The molecule has 0 unspecified atom stereocenters. The van der Waals surface area contributed by atoms with Crippen molar-refractivity contribution >= 4 is 5.91 Å². The maximum absolute atomic E-state index is 12.9. The molecule has 0 aromatic carbocycles. The van der Waals surface area contributed by atoms with Crippen LogP contribution in [-0.2, 0) is 14.3 Å². The Balaban J connectivity index is 1.51. The van der Waals surface area contributed by atoms with Gasteiger partial charge in [-0.3, -0.25) is 4.79 Å². The highest BCUT2D eigenvalue weighted by Gasteiger charge is 2.48. The van der Waals surface area contributed by atoms with Crippen LogP contribution in [0.4, 0.5) is 0 Å². The van der Waals surface area contributed by atoms with Gasteiger partial charge in [-0.2, -0.15) is 0 Å². The van der Waals surface area contributed by atoms with Gasteiger partial charge in [0.05, 0.1) is 30.3 Å². The molecular weight excluding hydrogens is 242 g/mol. The molecule has 0 aromatic heterocycles. The number of hydrogen-bond donors (Lipinski definition) is 0. The SMILES string of the molecule is O=C([C@@H]1C[C@H]2CC[C@H]1O2)N1CCCO[C@H]2CCC[C@@H]21. The van der Waals surface area contributed by atoms with E-state index in [1.165, 1.54) is 6.42 Å². The standard InChI is InChI=1S/C15H23NO3/c17-15(11-9-10-5-6-13(11)19-10)16-7-2-8-18-14-4-1-3-12(14)16/h10-14H,1-9H2/t10-,11-,12+,13-,14+/m1/s1. The van der Waals surface area contributed by atoms with E-state index in [0.717, 1.165) is 51.7 Å². The average molecular weight is 265 g/mol. The van der Waals surface area contributed by atoms with Gasteiger partial charge in [0, 0.05) is 13.2 Å². The molecule has 4 aliphatic rings. The van der Waals surface area contributed by atoms with E-state index in [4.69, 9.17) is 9.47 Å². The van der Waals surface area contributed by atoms with E-state index >= 15 is 0 Å². The van der Waals surface area contributed by atoms with Gasteiger partial charge in [-0.15, -0.1) is 0 Å². The summed E-state index contributed by atoms with van der Waals surface area (Å²) in [6.45, 7) is 1.70. The first-order valence-corrected chi connectivity index (χ1v) is 7.90. The zero-order chi connectivity index (χ0) is 12.8. The topological polar surface area (TPSA) is 38.8 Å². The van der Waals surface area contributed by atoms with E-state index in [1.807, 2.05) is 0 Å². The van der Waals surface area contributed by atoms with Gasteiger partial charge in [-0.25, -0.2) is 0 Å². The normalized spacial score (nSPS) is 45.3. The van der Waals surface area contributed by atoms with E-state index in [-0.39, 0.29) is 12.0 Å². The van der Waals surface area contributed by atoms with Crippen molar-refractivity contribution in [2.24, 2.45) is 5.92 Å². The number of fused-ring (bicyclic) bond motifs is 3. The van der Waals surface area contributed by atoms with Crippen LogP contribution in [0.5, 0.6) is 0 Å². The summed E-state index contributed by atoms with van der Waals surface area (Å²) in [6.07, 6.45) is 8.50. The van der Waals surface area contributed by atoms with E-state index in [2.05, 4.69) is 4.90 Å². The fourth-order valence-electron chi connectivity index (χ4n) is 4.48. The zero-order valence-electron chi connectivity index (χ0n) is 11.4. The van der Waals surface area contributed by atoms with Crippen molar-refractivity contribution in [3.8, 4) is 0 Å². The number of carbonyl (C=O) groups excluding carboxylic acids is 1. The maximum Gasteiger partial charge on any atom is 0.228 e. The van der Waals surface area contributed by atoms with Gasteiger partial charge < -0.3 is 14.4 Å². The van der Waals surface area contributed by atoms with Crippen LogP contribution in [0.3, 0.4) is 0 Å². The van der Waals surface area contributed by atoms with Crippen molar-refractivity contribution < 1.29 is 14.3 Å². The molecule has 4 rings (SSSR count). The second-order valence-corrected chi connectivity index (χ2v) is 6.51. The highest BCUT2D eigenvalue weighted by atomic mass is 16.5. The van der Waals surface area contributed by atoms with Gasteiger partial charge >= 0.3 is 0 Å². The first-order chi connectivity index (χ1) is 9.33. The van der Waals surface area contributed by atoms with Gasteiger partial charge in [0.15, 0.2) is 0 Å². The lowest BCUT2D eigenvalue weighted by Crippen LogP contribution is -2.48. The number of amides is 1. The minimum atomic E-state index is 0.137. The summed E-state index contributed by atoms with van der Waals surface area (Å²) in [5, 5.41) is 0. The van der Waals surface area contributed by atoms with Gasteiger partial charge in [-0.1, -0.05) is 0 Å². The lowest BCUT2D eigenvalue weighted by molar-refractivity contribution is -0.140. The highest BCUT2D eigenvalue weighted by molar-refractivity contribution is 5.80. The summed E-state index contributed by atoms with van der Waals surface area (Å²) < 4.78 is 11.8. The van der Waals surface area contributed by atoms with Crippen LogP contribution in [0.15, 0.2) is 0 Å². The highest BCUT2D eigenvalue weighted by Crippen LogP contribution is 2.41. The van der Waals surface area contributed by atoms with Crippen LogP contribution in [0, 0.1) is 5.92 Å². The molecular formula is C15H23NO3. The largest absolute Gasteiger partial charge is 0.376 e. The van der Waals surface area contributed by atoms with E-state index in [0.29, 0.717) is 24.2 Å². The number of nitrogens with zero attached hydrogens (tertiary/aromatic N) is 1. The monoisotopic (exact) mass is 265 g/mol. The Labute approximate surface area is 114 Å². The van der Waals surface area contributed by atoms with Crippen LogP contribution >= 0.6 is 0 Å². The first-order valence-electron chi connectivity index (χ1n) is 7.90. The van der Waals surface area contributed by atoms with Crippen molar-refractivity contribution in [2.45, 2.75) is 69.3 Å². The van der Waals surface area contributed by atoms with Crippen LogP contribution in [-0.4, -0.2) is 48.3 Å². The average Bonchev–Trinajstić information content (AvgIpc) is 3.12. The third-order valence-corrected chi connectivity index (χ3v) is 5.40. The minimum absolute atomic E-state index is 0.137. The molecule has 106 valence electrons. The fourth-order valence-corrected chi connectivity index (χ4v) is 4.48. The molecule has 1 amide bonds. The van der Waals surface area contributed by atoms with E-state index in [1.54, 1.807) is 0 Å². The van der Waals surface area contributed by atoms with Crippen molar-refractivity contribution in [1.82, 2.24) is 4.90 Å². The molecule has 3 aliphatic heterocycles. The summed E-state index contributed by atoms with van der Waals surface area (Å²) in [4.78, 5) is 15.0. The molecule has 3 saturated heterocycles. The summed E-state index contributed by atoms with van der Waals surface area (Å²) >= 11 is 0. The number of rotatable bonds is 1. The maximum atomic E-state index is 12.9. The third-order valence-electron chi connectivity index (χ3n) is 5.40. The quantitative estimate of drug-likeness (QED) is 0.724. The van der Waals surface area contributed by atoms with Crippen molar-refractivity contribution in [3.05, 3.63) is 0 Å². The van der Waals surface area contributed by atoms with E-state index < -0.39 is 0 Å². The van der Waals surface area contributed by atoms with Gasteiger partial charge in [0.1, 0.15) is 0 Å². The molecule has 4 nitrogen and oxygen atoms in total. The molecule has 0 N–H and O–H groups in total. The summed E-state index contributed by atoms with van der Waals surface area (Å²) in [7, 11) is 0. The smallest absolute Gasteiger partial charge is 0.228 e. The Hall–Kier alpha value is -0.610. The van der Waals surface area contributed by atoms with Gasteiger partial charge in [0.2, 0.25) is 5.91 Å². The lowest BCUT2D eigenvalue weighted by Gasteiger charge is -2.33. The Morgan fingerprint density at radius 3 is 2.79 bits per heavy atom. The summed E-state index contributed by atoms with van der Waals surface area (Å²) in [5.74, 6) is 0.493. The van der Waals surface area contributed by atoms with Crippen LogP contribution in [0.25, 0.3) is 0 Å². The van der Waals surface area contributed by atoms with Crippen molar-refractivity contribution in [3.63, 3.8) is 0 Å². The lowest BCUT2D eigenvalue weighted by atomic mass is 9.87. The minimum Gasteiger partial charge on any atom is -0.376 e. The van der Waals surface area contributed by atoms with Crippen LogP contribution < -0.4 is 0 Å². The Morgan fingerprint density at radius 1 is 1.05 bits per heavy atom. The predicted octanol–water partition coefficient (Wildman–Crippen LogP) is 1.72. The van der Waals surface area contributed by atoms with Crippen molar-refractivity contribution in [2.75, 3.05) is 13.2 Å². The molecule has 0 radical (unpaired) electrons. The first kappa shape index (κ1) is 12.2. The second kappa shape index (κ2) is 4.74. The Morgan fingerprint density at radius 2 is 2.00 bits per heavy atom. The van der Waals surface area contributed by atoms with Crippen LogP contribution in [0.1, 0.15) is 44.9 Å². The molecule has 2 bridgehead atoms. The molecule has 4 fully saturated rings. The molecule has 19 heavy (non-hydrogen) atoms. The van der Waals surface area contributed by atoms with Crippen LogP contribution in [0.2, 0.25) is 0 Å². The fraction of sp³-hybridized carbons (Fsp3) is 0.933. The third kappa shape index (κ3) is 2.00. The molecule has 3 heterocycles. The molecule has 0 spiro atoms. The molecule has 4 heteroatoms. The van der Waals surface area contributed by atoms with E-state index in [9.17, 15) is 4.79 Å². The predicted molar refractivity (Wildman–Crippen MR) is 69.7 cm³/mol. The summed E-state index contributed by atoms with van der Waals surface area (Å²) in [5.41, 5.74) is 0. The number of ether oxygens (including phenoxy) is 2. The molecule has 1 aliphatic carbocycles. The second-order valence-electron chi connectivity index (χ2n) is 6.51. The summed E-state index contributed by atoms with van der Waals surface area (Å²) in [6, 6.07) is 0.342.